The van der Waals surface area contributed by atoms with Gasteiger partial charge >= 0.3 is 0 Å². The number of rotatable bonds is 2. The Morgan fingerprint density at radius 2 is 2.00 bits per heavy atom. The molecule has 0 N–H and O–H groups in total. The Bertz CT molecular complexity index is 363. The second-order valence-electron chi connectivity index (χ2n) is 4.51. The summed E-state index contributed by atoms with van der Waals surface area (Å²) >= 11 is 0. The van der Waals surface area contributed by atoms with Crippen LogP contribution < -0.4 is 0 Å². The van der Waals surface area contributed by atoms with E-state index in [0.29, 0.717) is 12.6 Å². The monoisotopic (exact) mass is 218 g/mol. The van der Waals surface area contributed by atoms with Gasteiger partial charge in [0.05, 0.1) is 6.54 Å². The van der Waals surface area contributed by atoms with Gasteiger partial charge in [-0.1, -0.05) is 30.3 Å². The van der Waals surface area contributed by atoms with Crippen LogP contribution in [0.3, 0.4) is 0 Å². The predicted molar refractivity (Wildman–Crippen MR) is 64.0 cm³/mol. The van der Waals surface area contributed by atoms with Crippen LogP contribution in [0, 0.1) is 0 Å². The third-order valence-electron chi connectivity index (χ3n) is 3.18. The van der Waals surface area contributed by atoms with E-state index >= 15 is 0 Å². The number of carbonyl (C=O) groups excluding carboxylic acids is 1. The van der Waals surface area contributed by atoms with E-state index in [4.69, 9.17) is 0 Å². The first-order valence-corrected chi connectivity index (χ1v) is 5.69. The van der Waals surface area contributed by atoms with Crippen molar-refractivity contribution in [3.63, 3.8) is 0 Å². The van der Waals surface area contributed by atoms with E-state index in [1.54, 1.807) is 0 Å². The molecule has 1 saturated heterocycles. The van der Waals surface area contributed by atoms with Crippen LogP contribution in [0.15, 0.2) is 30.3 Å². The Morgan fingerprint density at radius 3 is 2.62 bits per heavy atom. The molecule has 1 aromatic rings. The number of likely N-dealkylation sites (N-methyl/N-ethyl adjacent to an activating group) is 1. The quantitative estimate of drug-likeness (QED) is 0.748. The summed E-state index contributed by atoms with van der Waals surface area (Å²) in [5.41, 5.74) is 1.27. The van der Waals surface area contributed by atoms with Crippen LogP contribution in [-0.2, 0) is 11.3 Å². The third kappa shape index (κ3) is 2.42. The van der Waals surface area contributed by atoms with E-state index < -0.39 is 0 Å². The Balaban J connectivity index is 1.99. The van der Waals surface area contributed by atoms with Crippen molar-refractivity contribution in [2.75, 3.05) is 20.1 Å². The van der Waals surface area contributed by atoms with Crippen LogP contribution >= 0.6 is 0 Å². The molecule has 3 nitrogen and oxygen atoms in total. The normalized spacial score (nSPS) is 22.5. The molecule has 1 aliphatic rings. The van der Waals surface area contributed by atoms with Gasteiger partial charge in [0.2, 0.25) is 5.91 Å². The highest BCUT2D eigenvalue weighted by Gasteiger charge is 2.26. The summed E-state index contributed by atoms with van der Waals surface area (Å²) in [6.07, 6.45) is 0. The molecule has 16 heavy (non-hydrogen) atoms. The lowest BCUT2D eigenvalue weighted by Gasteiger charge is -2.37. The molecule has 1 aliphatic heterocycles. The fourth-order valence-corrected chi connectivity index (χ4v) is 2.07. The lowest BCUT2D eigenvalue weighted by molar-refractivity contribution is -0.137. The molecule has 86 valence electrons. The molecule has 3 heteroatoms. The molecule has 0 aliphatic carbocycles. The minimum atomic E-state index is 0.217. The number of nitrogens with zero attached hydrogens (tertiary/aromatic N) is 2. The molecule has 0 saturated carbocycles. The molecule has 1 fully saturated rings. The maximum absolute atomic E-state index is 11.7. The maximum atomic E-state index is 11.7. The van der Waals surface area contributed by atoms with E-state index in [1.165, 1.54) is 5.56 Å². The van der Waals surface area contributed by atoms with Crippen molar-refractivity contribution >= 4 is 5.91 Å². The molecular weight excluding hydrogens is 200 g/mol. The smallest absolute Gasteiger partial charge is 0.236 e. The van der Waals surface area contributed by atoms with Crippen molar-refractivity contribution in [1.29, 1.82) is 0 Å². The molecule has 1 atom stereocenters. The zero-order valence-corrected chi connectivity index (χ0v) is 9.89. The van der Waals surface area contributed by atoms with Crippen LogP contribution in [-0.4, -0.2) is 41.9 Å². The number of carbonyl (C=O) groups is 1. The zero-order chi connectivity index (χ0) is 11.5. The highest BCUT2D eigenvalue weighted by Crippen LogP contribution is 2.12. The topological polar surface area (TPSA) is 23.6 Å². The Hall–Kier alpha value is -1.35. The first kappa shape index (κ1) is 11.1. The number of hydrogen-bond donors (Lipinski definition) is 0. The molecule has 1 heterocycles. The summed E-state index contributed by atoms with van der Waals surface area (Å²) in [4.78, 5) is 15.7. The lowest BCUT2D eigenvalue weighted by atomic mass is 10.1. The predicted octanol–water partition coefficient (Wildman–Crippen LogP) is 1.35. The third-order valence-corrected chi connectivity index (χ3v) is 3.18. The van der Waals surface area contributed by atoms with Crippen molar-refractivity contribution in [1.82, 2.24) is 9.80 Å². The second kappa shape index (κ2) is 4.66. The van der Waals surface area contributed by atoms with Crippen molar-refractivity contribution in [3.05, 3.63) is 35.9 Å². The molecule has 0 spiro atoms. The van der Waals surface area contributed by atoms with Gasteiger partial charge in [0.25, 0.3) is 0 Å². The number of amides is 1. The van der Waals surface area contributed by atoms with Gasteiger partial charge in [0.15, 0.2) is 0 Å². The van der Waals surface area contributed by atoms with Crippen molar-refractivity contribution < 1.29 is 4.79 Å². The highest BCUT2D eigenvalue weighted by molar-refractivity contribution is 5.79. The Morgan fingerprint density at radius 1 is 1.31 bits per heavy atom. The SMILES string of the molecule is CC1CN(Cc2ccccc2)CC(=O)N1C. The number of hydrogen-bond acceptors (Lipinski definition) is 2. The maximum Gasteiger partial charge on any atom is 0.236 e. The number of benzene rings is 1. The van der Waals surface area contributed by atoms with Gasteiger partial charge in [0, 0.05) is 26.2 Å². The average Bonchev–Trinajstić information content (AvgIpc) is 2.27. The highest BCUT2D eigenvalue weighted by atomic mass is 16.2. The van der Waals surface area contributed by atoms with Gasteiger partial charge in [-0.05, 0) is 12.5 Å². The summed E-state index contributed by atoms with van der Waals surface area (Å²) in [6, 6.07) is 10.6. The van der Waals surface area contributed by atoms with E-state index in [0.717, 1.165) is 13.1 Å². The second-order valence-corrected chi connectivity index (χ2v) is 4.51. The largest absolute Gasteiger partial charge is 0.341 e. The summed E-state index contributed by atoms with van der Waals surface area (Å²) in [5.74, 6) is 0.217. The van der Waals surface area contributed by atoms with Crippen LogP contribution in [0.5, 0.6) is 0 Å². The molecular formula is C13H18N2O. The van der Waals surface area contributed by atoms with Gasteiger partial charge in [-0.15, -0.1) is 0 Å². The summed E-state index contributed by atoms with van der Waals surface area (Å²) < 4.78 is 0. The van der Waals surface area contributed by atoms with E-state index in [9.17, 15) is 4.79 Å². The molecule has 2 rings (SSSR count). The van der Waals surface area contributed by atoms with Crippen molar-refractivity contribution in [2.45, 2.75) is 19.5 Å². The van der Waals surface area contributed by atoms with Gasteiger partial charge in [0.1, 0.15) is 0 Å². The van der Waals surface area contributed by atoms with Crippen LogP contribution in [0.2, 0.25) is 0 Å². The molecule has 1 aromatic carbocycles. The van der Waals surface area contributed by atoms with E-state index in [-0.39, 0.29) is 5.91 Å². The van der Waals surface area contributed by atoms with Gasteiger partial charge in [-0.2, -0.15) is 0 Å². The van der Waals surface area contributed by atoms with Crippen LogP contribution in [0.1, 0.15) is 12.5 Å². The number of piperazine rings is 1. The van der Waals surface area contributed by atoms with Gasteiger partial charge in [-0.3, -0.25) is 9.69 Å². The van der Waals surface area contributed by atoms with Crippen molar-refractivity contribution in [3.8, 4) is 0 Å². The molecule has 0 bridgehead atoms. The summed E-state index contributed by atoms with van der Waals surface area (Å²) in [5, 5.41) is 0. The minimum Gasteiger partial charge on any atom is -0.341 e. The summed E-state index contributed by atoms with van der Waals surface area (Å²) in [7, 11) is 1.88. The fourth-order valence-electron chi connectivity index (χ4n) is 2.07. The Labute approximate surface area is 96.7 Å². The molecule has 1 amide bonds. The van der Waals surface area contributed by atoms with E-state index in [1.807, 2.05) is 30.1 Å². The average molecular weight is 218 g/mol. The summed E-state index contributed by atoms with van der Waals surface area (Å²) in [6.45, 7) is 4.45. The van der Waals surface area contributed by atoms with Gasteiger partial charge in [-0.25, -0.2) is 0 Å². The standard InChI is InChI=1S/C13H18N2O/c1-11-8-15(10-13(16)14(11)2)9-12-6-4-3-5-7-12/h3-7,11H,8-10H2,1-2H3. The van der Waals surface area contributed by atoms with Crippen LogP contribution in [0.4, 0.5) is 0 Å². The minimum absolute atomic E-state index is 0.217. The molecule has 0 radical (unpaired) electrons. The Kier molecular flexibility index (Phi) is 3.25. The first-order valence-electron chi connectivity index (χ1n) is 5.69. The lowest BCUT2D eigenvalue weighted by Crippen LogP contribution is -2.53. The van der Waals surface area contributed by atoms with E-state index in [2.05, 4.69) is 24.0 Å². The molecule has 1 unspecified atom stereocenters. The zero-order valence-electron chi connectivity index (χ0n) is 9.89. The van der Waals surface area contributed by atoms with Crippen LogP contribution in [0.25, 0.3) is 0 Å². The van der Waals surface area contributed by atoms with Crippen molar-refractivity contribution in [2.24, 2.45) is 0 Å². The van der Waals surface area contributed by atoms with Gasteiger partial charge < -0.3 is 4.90 Å². The molecule has 0 aromatic heterocycles. The first-order chi connectivity index (χ1) is 7.66. The fraction of sp³-hybridized carbons (Fsp3) is 0.462.